The Bertz CT molecular complexity index is 284. The van der Waals surface area contributed by atoms with Crippen molar-refractivity contribution >= 4 is 6.09 Å². The van der Waals surface area contributed by atoms with Crippen molar-refractivity contribution in [2.24, 2.45) is 0 Å². The Morgan fingerprint density at radius 2 is 2.06 bits per heavy atom. The molecule has 1 aliphatic heterocycles. The summed E-state index contributed by atoms with van der Waals surface area (Å²) in [7, 11) is 1.94. The van der Waals surface area contributed by atoms with Crippen molar-refractivity contribution in [1.82, 2.24) is 9.80 Å². The van der Waals surface area contributed by atoms with E-state index < -0.39 is 18.9 Å². The molecule has 1 unspecified atom stereocenters. The Balaban J connectivity index is 2.58. The zero-order valence-electron chi connectivity index (χ0n) is 10.7. The number of amides is 1. The van der Waals surface area contributed by atoms with Crippen molar-refractivity contribution < 1.29 is 22.7 Å². The Kier molecular flexibility index (Phi) is 5.25. The maximum absolute atomic E-state index is 12.0. The van der Waals surface area contributed by atoms with E-state index >= 15 is 0 Å². The third-order valence-electron chi connectivity index (χ3n) is 2.97. The number of hydrogen-bond acceptors (Lipinski definition) is 3. The number of rotatable bonds is 2. The highest BCUT2D eigenvalue weighted by Gasteiger charge is 2.33. The van der Waals surface area contributed by atoms with Crippen LogP contribution >= 0.6 is 0 Å². The van der Waals surface area contributed by atoms with Crippen LogP contribution in [-0.4, -0.2) is 61.4 Å². The first-order valence-electron chi connectivity index (χ1n) is 6.02. The molecule has 18 heavy (non-hydrogen) atoms. The van der Waals surface area contributed by atoms with Crippen molar-refractivity contribution in [3.05, 3.63) is 0 Å². The van der Waals surface area contributed by atoms with Gasteiger partial charge in [0.2, 0.25) is 0 Å². The molecule has 0 aliphatic carbocycles. The largest absolute Gasteiger partial charge is 0.440 e. The van der Waals surface area contributed by atoms with Crippen LogP contribution in [0.2, 0.25) is 0 Å². The van der Waals surface area contributed by atoms with Crippen LogP contribution in [0.5, 0.6) is 0 Å². The van der Waals surface area contributed by atoms with Gasteiger partial charge in [-0.2, -0.15) is 13.2 Å². The second-order valence-electron chi connectivity index (χ2n) is 4.54. The summed E-state index contributed by atoms with van der Waals surface area (Å²) in [5.41, 5.74) is 0. The Morgan fingerprint density at radius 3 is 2.61 bits per heavy atom. The van der Waals surface area contributed by atoms with Crippen molar-refractivity contribution in [1.29, 1.82) is 0 Å². The third-order valence-corrected chi connectivity index (χ3v) is 2.97. The second kappa shape index (κ2) is 6.26. The van der Waals surface area contributed by atoms with E-state index in [1.54, 1.807) is 0 Å². The van der Waals surface area contributed by atoms with Crippen LogP contribution in [0.25, 0.3) is 0 Å². The fraction of sp³-hybridized carbons (Fsp3) is 0.909. The van der Waals surface area contributed by atoms with Gasteiger partial charge >= 0.3 is 12.3 Å². The highest BCUT2D eigenvalue weighted by atomic mass is 19.4. The van der Waals surface area contributed by atoms with Crippen molar-refractivity contribution in [2.75, 3.05) is 33.3 Å². The standard InChI is InChI=1S/C11H19F3N2O2/c1-3-9-7-15(2)5-4-6-16(9)10(17)18-8-11(12,13)14/h9H,3-8H2,1-2H3. The van der Waals surface area contributed by atoms with E-state index in [1.165, 1.54) is 4.90 Å². The minimum Gasteiger partial charge on any atom is -0.440 e. The summed E-state index contributed by atoms with van der Waals surface area (Å²) < 4.78 is 40.3. The van der Waals surface area contributed by atoms with Crippen LogP contribution in [0.1, 0.15) is 19.8 Å². The van der Waals surface area contributed by atoms with E-state index in [0.717, 1.165) is 13.0 Å². The lowest BCUT2D eigenvalue weighted by Crippen LogP contribution is -2.44. The molecule has 1 aliphatic rings. The molecule has 0 spiro atoms. The molecular formula is C11H19F3N2O2. The van der Waals surface area contributed by atoms with Gasteiger partial charge in [-0.15, -0.1) is 0 Å². The lowest BCUT2D eigenvalue weighted by molar-refractivity contribution is -0.162. The number of alkyl halides is 3. The van der Waals surface area contributed by atoms with Gasteiger partial charge in [-0.05, 0) is 26.4 Å². The molecule has 1 saturated heterocycles. The van der Waals surface area contributed by atoms with Gasteiger partial charge in [0.05, 0.1) is 0 Å². The molecule has 1 rings (SSSR count). The summed E-state index contributed by atoms with van der Waals surface area (Å²) in [5, 5.41) is 0. The van der Waals surface area contributed by atoms with Crippen molar-refractivity contribution in [3.63, 3.8) is 0 Å². The average Bonchev–Trinajstić information content (AvgIpc) is 2.46. The van der Waals surface area contributed by atoms with E-state index in [1.807, 2.05) is 14.0 Å². The van der Waals surface area contributed by atoms with Crippen molar-refractivity contribution in [2.45, 2.75) is 32.0 Å². The molecular weight excluding hydrogens is 249 g/mol. The molecule has 4 nitrogen and oxygen atoms in total. The molecule has 0 saturated carbocycles. The predicted octanol–water partition coefficient (Wildman–Crippen LogP) is 2.10. The van der Waals surface area contributed by atoms with Crippen molar-refractivity contribution in [3.8, 4) is 0 Å². The minimum absolute atomic E-state index is 0.0850. The molecule has 7 heteroatoms. The first kappa shape index (κ1) is 15.1. The number of carbonyl (C=O) groups excluding carboxylic acids is 1. The van der Waals surface area contributed by atoms with Gasteiger partial charge in [-0.1, -0.05) is 6.92 Å². The molecule has 0 radical (unpaired) electrons. The normalized spacial score (nSPS) is 22.7. The average molecular weight is 268 g/mol. The lowest BCUT2D eigenvalue weighted by atomic mass is 10.2. The molecule has 1 amide bonds. The molecule has 1 heterocycles. The number of nitrogens with zero attached hydrogens (tertiary/aromatic N) is 2. The van der Waals surface area contributed by atoms with Crippen LogP contribution in [-0.2, 0) is 4.74 Å². The van der Waals surface area contributed by atoms with E-state index in [4.69, 9.17) is 0 Å². The highest BCUT2D eigenvalue weighted by molar-refractivity contribution is 5.68. The molecule has 1 atom stereocenters. The monoisotopic (exact) mass is 268 g/mol. The van der Waals surface area contributed by atoms with E-state index in [9.17, 15) is 18.0 Å². The van der Waals surface area contributed by atoms with Gasteiger partial charge < -0.3 is 14.5 Å². The molecule has 0 aromatic heterocycles. The number of ether oxygens (including phenoxy) is 1. The topological polar surface area (TPSA) is 32.8 Å². The molecule has 106 valence electrons. The first-order valence-corrected chi connectivity index (χ1v) is 6.02. The van der Waals surface area contributed by atoms with Crippen LogP contribution < -0.4 is 0 Å². The highest BCUT2D eigenvalue weighted by Crippen LogP contribution is 2.17. The second-order valence-corrected chi connectivity index (χ2v) is 4.54. The summed E-state index contributed by atoms with van der Waals surface area (Å²) in [6.45, 7) is 2.33. The number of hydrogen-bond donors (Lipinski definition) is 0. The fourth-order valence-electron chi connectivity index (χ4n) is 2.06. The first-order chi connectivity index (χ1) is 8.33. The molecule has 0 bridgehead atoms. The summed E-state index contributed by atoms with van der Waals surface area (Å²) in [5.74, 6) is 0. The smallest absolute Gasteiger partial charge is 0.422 e. The third kappa shape index (κ3) is 4.72. The number of halogens is 3. The molecule has 0 N–H and O–H groups in total. The van der Waals surface area contributed by atoms with Gasteiger partial charge in [-0.25, -0.2) is 4.79 Å². The maximum atomic E-state index is 12.0. The minimum atomic E-state index is -4.47. The Hall–Kier alpha value is -0.980. The molecule has 1 fully saturated rings. The molecule has 0 aromatic rings. The van der Waals surface area contributed by atoms with Gasteiger partial charge in [0, 0.05) is 19.1 Å². The Labute approximate surface area is 105 Å². The van der Waals surface area contributed by atoms with E-state index in [-0.39, 0.29) is 6.04 Å². The van der Waals surface area contributed by atoms with Crippen LogP contribution in [0.15, 0.2) is 0 Å². The zero-order chi connectivity index (χ0) is 13.8. The summed E-state index contributed by atoms with van der Waals surface area (Å²) >= 11 is 0. The van der Waals surface area contributed by atoms with Gasteiger partial charge in [0.25, 0.3) is 0 Å². The predicted molar refractivity (Wildman–Crippen MR) is 60.3 cm³/mol. The maximum Gasteiger partial charge on any atom is 0.422 e. The summed E-state index contributed by atoms with van der Waals surface area (Å²) in [4.78, 5) is 15.1. The summed E-state index contributed by atoms with van der Waals surface area (Å²) in [6.07, 6.45) is -3.89. The fourth-order valence-corrected chi connectivity index (χ4v) is 2.06. The quantitative estimate of drug-likeness (QED) is 0.769. The molecule has 0 aromatic carbocycles. The van der Waals surface area contributed by atoms with Gasteiger partial charge in [0.15, 0.2) is 6.61 Å². The Morgan fingerprint density at radius 1 is 1.39 bits per heavy atom. The summed E-state index contributed by atoms with van der Waals surface area (Å²) in [6, 6.07) is -0.0850. The van der Waals surface area contributed by atoms with Crippen LogP contribution in [0.4, 0.5) is 18.0 Å². The van der Waals surface area contributed by atoms with Crippen LogP contribution in [0, 0.1) is 0 Å². The van der Waals surface area contributed by atoms with Gasteiger partial charge in [0.1, 0.15) is 0 Å². The van der Waals surface area contributed by atoms with E-state index in [2.05, 4.69) is 9.64 Å². The zero-order valence-corrected chi connectivity index (χ0v) is 10.7. The number of carbonyl (C=O) groups is 1. The SMILES string of the molecule is CCC1CN(C)CCCN1C(=O)OCC(F)(F)F. The number of likely N-dealkylation sites (N-methyl/N-ethyl adjacent to an activating group) is 1. The lowest BCUT2D eigenvalue weighted by Gasteiger charge is -2.29. The van der Waals surface area contributed by atoms with Gasteiger partial charge in [-0.3, -0.25) is 0 Å². The van der Waals surface area contributed by atoms with E-state index in [0.29, 0.717) is 19.5 Å². The van der Waals surface area contributed by atoms with Crippen LogP contribution in [0.3, 0.4) is 0 Å².